The number of para-hydroxylation sites is 1. The van der Waals surface area contributed by atoms with Gasteiger partial charge >= 0.3 is 0 Å². The Morgan fingerprint density at radius 3 is 2.90 bits per heavy atom. The number of benzene rings is 1. The number of fused-ring (bicyclic) bond motifs is 1. The predicted octanol–water partition coefficient (Wildman–Crippen LogP) is 1.98. The summed E-state index contributed by atoms with van der Waals surface area (Å²) in [6.07, 6.45) is 4.81. The van der Waals surface area contributed by atoms with E-state index >= 15 is 0 Å². The van der Waals surface area contributed by atoms with Crippen molar-refractivity contribution in [3.05, 3.63) is 36.0 Å². The molecule has 0 unspecified atom stereocenters. The van der Waals surface area contributed by atoms with Gasteiger partial charge in [0.2, 0.25) is 0 Å². The first-order chi connectivity index (χ1) is 10.3. The van der Waals surface area contributed by atoms with Crippen LogP contribution in [0, 0.1) is 0 Å². The molecule has 1 aliphatic heterocycles. The number of hydrogen-bond acceptors (Lipinski definition) is 3. The van der Waals surface area contributed by atoms with Crippen molar-refractivity contribution < 1.29 is 10.2 Å². The maximum Gasteiger partial charge on any atom is 0.0667 e. The summed E-state index contributed by atoms with van der Waals surface area (Å²) in [6, 6.07) is 8.45. The summed E-state index contributed by atoms with van der Waals surface area (Å²) in [5.41, 5.74) is 2.55. The highest BCUT2D eigenvalue weighted by Crippen LogP contribution is 2.24. The zero-order valence-electron chi connectivity index (χ0n) is 12.4. The lowest BCUT2D eigenvalue weighted by molar-refractivity contribution is 0.0670. The minimum atomic E-state index is -0.179. The smallest absolute Gasteiger partial charge is 0.0667 e. The number of piperidine rings is 1. The highest BCUT2D eigenvalue weighted by molar-refractivity contribution is 5.83. The third kappa shape index (κ3) is 3.28. The molecule has 1 aromatic heterocycles. The number of nitrogens with zero attached hydrogens (tertiary/aromatic N) is 2. The molecule has 0 radical (unpaired) electrons. The number of aryl methyl sites for hydroxylation is 1. The highest BCUT2D eigenvalue weighted by atomic mass is 16.3. The molecule has 2 N–H and O–H groups in total. The van der Waals surface area contributed by atoms with Gasteiger partial charge in [-0.25, -0.2) is 0 Å². The molecule has 0 aliphatic carbocycles. The first-order valence-electron chi connectivity index (χ1n) is 7.86. The van der Waals surface area contributed by atoms with E-state index in [0.717, 1.165) is 45.4 Å². The van der Waals surface area contributed by atoms with Crippen LogP contribution in [0.25, 0.3) is 10.9 Å². The molecule has 0 spiro atoms. The lowest BCUT2D eigenvalue weighted by Gasteiger charge is -2.29. The van der Waals surface area contributed by atoms with Gasteiger partial charge in [0.15, 0.2) is 0 Å². The van der Waals surface area contributed by atoms with Crippen LogP contribution in [0.5, 0.6) is 0 Å². The van der Waals surface area contributed by atoms with Crippen molar-refractivity contribution in [2.75, 3.05) is 19.7 Å². The topological polar surface area (TPSA) is 48.6 Å². The fourth-order valence-corrected chi connectivity index (χ4v) is 3.29. The van der Waals surface area contributed by atoms with E-state index in [4.69, 9.17) is 5.11 Å². The zero-order chi connectivity index (χ0) is 14.7. The van der Waals surface area contributed by atoms with Crippen LogP contribution in [0.15, 0.2) is 30.5 Å². The van der Waals surface area contributed by atoms with Crippen molar-refractivity contribution >= 4 is 10.9 Å². The normalized spacial score (nSPS) is 20.2. The largest absolute Gasteiger partial charge is 0.396 e. The van der Waals surface area contributed by atoms with Crippen LogP contribution in [-0.4, -0.2) is 45.5 Å². The third-order valence-electron chi connectivity index (χ3n) is 4.30. The molecule has 1 fully saturated rings. The Hall–Kier alpha value is -1.36. The molecule has 21 heavy (non-hydrogen) atoms. The Morgan fingerprint density at radius 2 is 2.10 bits per heavy atom. The zero-order valence-corrected chi connectivity index (χ0v) is 12.4. The number of rotatable bonds is 5. The molecule has 0 bridgehead atoms. The molecule has 0 amide bonds. The van der Waals surface area contributed by atoms with E-state index in [1.165, 1.54) is 16.5 Å². The summed E-state index contributed by atoms with van der Waals surface area (Å²) in [5, 5.41) is 20.2. The summed E-state index contributed by atoms with van der Waals surface area (Å²) in [5.74, 6) is 0. The molecule has 1 aromatic carbocycles. The van der Waals surface area contributed by atoms with E-state index in [-0.39, 0.29) is 12.7 Å². The maximum atomic E-state index is 9.82. The quantitative estimate of drug-likeness (QED) is 0.884. The van der Waals surface area contributed by atoms with E-state index < -0.39 is 0 Å². The van der Waals surface area contributed by atoms with Crippen LogP contribution < -0.4 is 0 Å². The number of aliphatic hydroxyl groups is 2. The number of hydrogen-bond donors (Lipinski definition) is 2. The van der Waals surface area contributed by atoms with E-state index in [2.05, 4.69) is 39.9 Å². The minimum absolute atomic E-state index is 0.179. The Morgan fingerprint density at radius 1 is 1.24 bits per heavy atom. The Balaban J connectivity index is 1.84. The van der Waals surface area contributed by atoms with Crippen LogP contribution in [-0.2, 0) is 13.1 Å². The SMILES string of the molecule is OCCCn1cc(CN2CCC[C@H](O)C2)c2ccccc21. The van der Waals surface area contributed by atoms with Crippen molar-refractivity contribution in [3.8, 4) is 0 Å². The summed E-state index contributed by atoms with van der Waals surface area (Å²) < 4.78 is 2.24. The summed E-state index contributed by atoms with van der Waals surface area (Å²) in [6.45, 7) is 3.80. The Labute approximate surface area is 125 Å². The number of aliphatic hydroxyl groups excluding tert-OH is 2. The Bertz CT molecular complexity index is 593. The van der Waals surface area contributed by atoms with Crippen molar-refractivity contribution in [2.24, 2.45) is 0 Å². The molecule has 2 heterocycles. The second-order valence-corrected chi connectivity index (χ2v) is 5.97. The van der Waals surface area contributed by atoms with Gasteiger partial charge in [0.25, 0.3) is 0 Å². The minimum Gasteiger partial charge on any atom is -0.396 e. The van der Waals surface area contributed by atoms with E-state index in [0.29, 0.717) is 0 Å². The van der Waals surface area contributed by atoms with Crippen LogP contribution in [0.2, 0.25) is 0 Å². The number of likely N-dealkylation sites (tertiary alicyclic amines) is 1. The van der Waals surface area contributed by atoms with Gasteiger partial charge in [0.1, 0.15) is 0 Å². The molecule has 0 saturated carbocycles. The van der Waals surface area contributed by atoms with Crippen molar-refractivity contribution in [1.82, 2.24) is 9.47 Å². The van der Waals surface area contributed by atoms with Gasteiger partial charge < -0.3 is 14.8 Å². The van der Waals surface area contributed by atoms with Crippen LogP contribution in [0.1, 0.15) is 24.8 Å². The second kappa shape index (κ2) is 6.60. The molecule has 1 aliphatic rings. The second-order valence-electron chi connectivity index (χ2n) is 5.97. The first-order valence-corrected chi connectivity index (χ1v) is 7.86. The van der Waals surface area contributed by atoms with Gasteiger partial charge in [-0.2, -0.15) is 0 Å². The van der Waals surface area contributed by atoms with Crippen LogP contribution in [0.4, 0.5) is 0 Å². The fourth-order valence-electron chi connectivity index (χ4n) is 3.29. The molecule has 114 valence electrons. The molecule has 1 atom stereocenters. The molecule has 4 heteroatoms. The molecule has 4 nitrogen and oxygen atoms in total. The lowest BCUT2D eigenvalue weighted by atomic mass is 10.1. The van der Waals surface area contributed by atoms with Gasteiger partial charge in [-0.3, -0.25) is 4.90 Å². The average molecular weight is 288 g/mol. The monoisotopic (exact) mass is 288 g/mol. The third-order valence-corrected chi connectivity index (χ3v) is 4.30. The average Bonchev–Trinajstić information content (AvgIpc) is 2.84. The van der Waals surface area contributed by atoms with Gasteiger partial charge in [-0.05, 0) is 37.4 Å². The van der Waals surface area contributed by atoms with Crippen LogP contribution in [0.3, 0.4) is 0 Å². The number of β-amino-alcohol motifs (C(OH)–C–C–N with tert-alkyl or cyclic N) is 1. The van der Waals surface area contributed by atoms with Gasteiger partial charge in [-0.1, -0.05) is 18.2 Å². The molecular formula is C17H24N2O2. The predicted molar refractivity (Wildman–Crippen MR) is 84.2 cm³/mol. The fraction of sp³-hybridized carbons (Fsp3) is 0.529. The standard InChI is InChI=1S/C17H24N2O2/c20-10-4-9-19-12-14(16-6-1-2-7-17(16)19)11-18-8-3-5-15(21)13-18/h1-2,6-7,12,15,20-21H,3-5,8-11,13H2/t15-/m0/s1. The molecular weight excluding hydrogens is 264 g/mol. The van der Waals surface area contributed by atoms with Gasteiger partial charge in [0.05, 0.1) is 6.10 Å². The Kier molecular flexibility index (Phi) is 4.58. The maximum absolute atomic E-state index is 9.82. The van der Waals surface area contributed by atoms with E-state index in [1.807, 2.05) is 0 Å². The van der Waals surface area contributed by atoms with Crippen molar-refractivity contribution in [2.45, 2.75) is 38.5 Å². The highest BCUT2D eigenvalue weighted by Gasteiger charge is 2.19. The summed E-state index contributed by atoms with van der Waals surface area (Å²) >= 11 is 0. The molecule has 3 rings (SSSR count). The van der Waals surface area contributed by atoms with E-state index in [9.17, 15) is 5.11 Å². The van der Waals surface area contributed by atoms with Crippen LogP contribution >= 0.6 is 0 Å². The van der Waals surface area contributed by atoms with E-state index in [1.54, 1.807) is 0 Å². The summed E-state index contributed by atoms with van der Waals surface area (Å²) in [7, 11) is 0. The first kappa shape index (κ1) is 14.6. The van der Waals surface area contributed by atoms with Crippen molar-refractivity contribution in [1.29, 1.82) is 0 Å². The van der Waals surface area contributed by atoms with Crippen molar-refractivity contribution in [3.63, 3.8) is 0 Å². The van der Waals surface area contributed by atoms with Gasteiger partial charge in [-0.15, -0.1) is 0 Å². The summed E-state index contributed by atoms with van der Waals surface area (Å²) in [4.78, 5) is 2.34. The molecule has 1 saturated heterocycles. The molecule has 2 aromatic rings. The number of aromatic nitrogens is 1. The van der Waals surface area contributed by atoms with Gasteiger partial charge in [0, 0.05) is 43.3 Å². The lowest BCUT2D eigenvalue weighted by Crippen LogP contribution is -2.37.